The standard InChI is InChI=1S/C14H20N2O3/c1-3-19-11-6-10(7-11)16-9-4-5-13(15)12(8-9)14(17)18-2/h4-5,8,10-11,16H,3,6-7,15H2,1-2H3. The first kappa shape index (κ1) is 13.7. The number of nitrogen functional groups attached to an aromatic ring is 1. The van der Waals surface area contributed by atoms with Crippen molar-refractivity contribution in [3.05, 3.63) is 23.8 Å². The van der Waals surface area contributed by atoms with Crippen LogP contribution in [0, 0.1) is 0 Å². The van der Waals surface area contributed by atoms with Gasteiger partial charge in [0, 0.05) is 24.0 Å². The van der Waals surface area contributed by atoms with E-state index in [0.29, 0.717) is 23.4 Å². The molecule has 0 atom stereocenters. The Balaban J connectivity index is 1.97. The Labute approximate surface area is 113 Å². The Morgan fingerprint density at radius 2 is 2.21 bits per heavy atom. The number of carbonyl (C=O) groups is 1. The van der Waals surface area contributed by atoms with Gasteiger partial charge in [-0.25, -0.2) is 4.79 Å². The lowest BCUT2D eigenvalue weighted by atomic mass is 9.89. The molecule has 0 bridgehead atoms. The van der Waals surface area contributed by atoms with Crippen molar-refractivity contribution in [2.45, 2.75) is 31.9 Å². The summed E-state index contributed by atoms with van der Waals surface area (Å²) < 4.78 is 10.2. The number of nitrogens with one attached hydrogen (secondary N) is 1. The number of esters is 1. The van der Waals surface area contributed by atoms with Crippen LogP contribution in [0.4, 0.5) is 11.4 Å². The van der Waals surface area contributed by atoms with Crippen LogP contribution in [-0.4, -0.2) is 31.8 Å². The molecule has 0 radical (unpaired) electrons. The molecule has 0 aliphatic heterocycles. The summed E-state index contributed by atoms with van der Waals surface area (Å²) in [5, 5.41) is 3.37. The quantitative estimate of drug-likeness (QED) is 0.629. The van der Waals surface area contributed by atoms with Gasteiger partial charge in [-0.05, 0) is 38.0 Å². The average molecular weight is 264 g/mol. The molecule has 0 unspecified atom stereocenters. The Morgan fingerprint density at radius 1 is 1.47 bits per heavy atom. The fourth-order valence-electron chi connectivity index (χ4n) is 2.22. The van der Waals surface area contributed by atoms with Crippen molar-refractivity contribution in [2.24, 2.45) is 0 Å². The molecular formula is C14H20N2O3. The second-order valence-electron chi connectivity index (χ2n) is 4.68. The molecule has 0 amide bonds. The van der Waals surface area contributed by atoms with Gasteiger partial charge in [0.1, 0.15) is 0 Å². The zero-order chi connectivity index (χ0) is 13.8. The number of rotatable bonds is 5. The van der Waals surface area contributed by atoms with Crippen molar-refractivity contribution >= 4 is 17.3 Å². The van der Waals surface area contributed by atoms with Gasteiger partial charge in [-0.3, -0.25) is 0 Å². The SMILES string of the molecule is CCOC1CC(Nc2ccc(N)c(C(=O)OC)c2)C1. The van der Waals surface area contributed by atoms with Crippen LogP contribution in [0.5, 0.6) is 0 Å². The number of hydrogen-bond acceptors (Lipinski definition) is 5. The number of carbonyl (C=O) groups excluding carboxylic acids is 1. The molecule has 104 valence electrons. The second-order valence-corrected chi connectivity index (χ2v) is 4.68. The van der Waals surface area contributed by atoms with Crippen LogP contribution >= 0.6 is 0 Å². The third-order valence-corrected chi connectivity index (χ3v) is 3.33. The third kappa shape index (κ3) is 3.17. The normalized spacial score (nSPS) is 21.6. The first-order valence-electron chi connectivity index (χ1n) is 6.50. The molecule has 0 saturated heterocycles. The molecule has 0 heterocycles. The van der Waals surface area contributed by atoms with Crippen LogP contribution in [0.25, 0.3) is 0 Å². The third-order valence-electron chi connectivity index (χ3n) is 3.33. The molecule has 1 saturated carbocycles. The molecule has 1 aliphatic rings. The predicted octanol–water partition coefficient (Wildman–Crippen LogP) is 2.03. The van der Waals surface area contributed by atoms with Gasteiger partial charge >= 0.3 is 5.97 Å². The van der Waals surface area contributed by atoms with E-state index in [1.807, 2.05) is 13.0 Å². The smallest absolute Gasteiger partial charge is 0.340 e. The number of ether oxygens (including phenoxy) is 2. The van der Waals surface area contributed by atoms with Gasteiger partial charge in [0.15, 0.2) is 0 Å². The van der Waals surface area contributed by atoms with Crippen molar-refractivity contribution in [3.8, 4) is 0 Å². The van der Waals surface area contributed by atoms with E-state index in [9.17, 15) is 4.79 Å². The summed E-state index contributed by atoms with van der Waals surface area (Å²) in [6, 6.07) is 5.71. The number of hydrogen-bond donors (Lipinski definition) is 2. The van der Waals surface area contributed by atoms with Crippen LogP contribution in [0.1, 0.15) is 30.1 Å². The first-order chi connectivity index (χ1) is 9.13. The minimum Gasteiger partial charge on any atom is -0.465 e. The molecule has 0 spiro atoms. The highest BCUT2D eigenvalue weighted by molar-refractivity contribution is 5.96. The minimum absolute atomic E-state index is 0.358. The Morgan fingerprint density at radius 3 is 2.84 bits per heavy atom. The van der Waals surface area contributed by atoms with Gasteiger partial charge in [-0.2, -0.15) is 0 Å². The maximum Gasteiger partial charge on any atom is 0.340 e. The molecule has 5 heteroatoms. The summed E-state index contributed by atoms with van der Waals surface area (Å²) in [4.78, 5) is 11.5. The summed E-state index contributed by atoms with van der Waals surface area (Å²) >= 11 is 0. The van der Waals surface area contributed by atoms with Crippen LogP contribution in [-0.2, 0) is 9.47 Å². The lowest BCUT2D eigenvalue weighted by Crippen LogP contribution is -2.40. The summed E-state index contributed by atoms with van der Waals surface area (Å²) in [6.07, 6.45) is 2.34. The summed E-state index contributed by atoms with van der Waals surface area (Å²) in [6.45, 7) is 2.76. The number of benzene rings is 1. The van der Waals surface area contributed by atoms with E-state index in [1.165, 1.54) is 7.11 Å². The van der Waals surface area contributed by atoms with E-state index in [2.05, 4.69) is 5.32 Å². The van der Waals surface area contributed by atoms with Gasteiger partial charge < -0.3 is 20.5 Å². The van der Waals surface area contributed by atoms with E-state index in [0.717, 1.165) is 25.1 Å². The van der Waals surface area contributed by atoms with Crippen molar-refractivity contribution in [2.75, 3.05) is 24.8 Å². The second kappa shape index (κ2) is 5.93. The number of nitrogens with two attached hydrogens (primary N) is 1. The largest absolute Gasteiger partial charge is 0.465 e. The van der Waals surface area contributed by atoms with Gasteiger partial charge in [0.2, 0.25) is 0 Å². The maximum atomic E-state index is 11.5. The minimum atomic E-state index is -0.415. The summed E-state index contributed by atoms with van der Waals surface area (Å²) in [5.74, 6) is -0.415. The molecule has 1 aromatic rings. The lowest BCUT2D eigenvalue weighted by Gasteiger charge is -2.36. The molecule has 1 fully saturated rings. The summed E-state index contributed by atoms with van der Waals surface area (Å²) in [5.41, 5.74) is 7.47. The van der Waals surface area contributed by atoms with Crippen LogP contribution < -0.4 is 11.1 Å². The van der Waals surface area contributed by atoms with Gasteiger partial charge in [-0.1, -0.05) is 0 Å². The number of anilines is 2. The number of methoxy groups -OCH3 is 1. The monoisotopic (exact) mass is 264 g/mol. The van der Waals surface area contributed by atoms with Gasteiger partial charge in [-0.15, -0.1) is 0 Å². The molecule has 5 nitrogen and oxygen atoms in total. The fourth-order valence-corrected chi connectivity index (χ4v) is 2.22. The van der Waals surface area contributed by atoms with E-state index in [4.69, 9.17) is 15.2 Å². The summed E-state index contributed by atoms with van der Waals surface area (Å²) in [7, 11) is 1.35. The Kier molecular flexibility index (Phi) is 4.27. The van der Waals surface area contributed by atoms with Crippen LogP contribution in [0.2, 0.25) is 0 Å². The van der Waals surface area contributed by atoms with Gasteiger partial charge in [0.25, 0.3) is 0 Å². The average Bonchev–Trinajstić information content (AvgIpc) is 2.37. The molecule has 19 heavy (non-hydrogen) atoms. The van der Waals surface area contributed by atoms with E-state index < -0.39 is 5.97 Å². The lowest BCUT2D eigenvalue weighted by molar-refractivity contribution is 0.00298. The molecule has 0 aromatic heterocycles. The topological polar surface area (TPSA) is 73.6 Å². The molecule has 1 aliphatic carbocycles. The highest BCUT2D eigenvalue weighted by Crippen LogP contribution is 2.28. The molecule has 2 rings (SSSR count). The van der Waals surface area contributed by atoms with Crippen molar-refractivity contribution in [3.63, 3.8) is 0 Å². The van der Waals surface area contributed by atoms with E-state index in [1.54, 1.807) is 12.1 Å². The highest BCUT2D eigenvalue weighted by atomic mass is 16.5. The molecule has 3 N–H and O–H groups in total. The van der Waals surface area contributed by atoms with Crippen molar-refractivity contribution in [1.82, 2.24) is 0 Å². The Hall–Kier alpha value is -1.75. The van der Waals surface area contributed by atoms with E-state index in [-0.39, 0.29) is 0 Å². The maximum absolute atomic E-state index is 11.5. The molecule has 1 aromatic carbocycles. The van der Waals surface area contributed by atoms with Gasteiger partial charge in [0.05, 0.1) is 18.8 Å². The van der Waals surface area contributed by atoms with Crippen molar-refractivity contribution < 1.29 is 14.3 Å². The predicted molar refractivity (Wildman–Crippen MR) is 74.3 cm³/mol. The highest BCUT2D eigenvalue weighted by Gasteiger charge is 2.29. The van der Waals surface area contributed by atoms with Crippen LogP contribution in [0.3, 0.4) is 0 Å². The van der Waals surface area contributed by atoms with E-state index >= 15 is 0 Å². The zero-order valence-electron chi connectivity index (χ0n) is 11.3. The first-order valence-corrected chi connectivity index (χ1v) is 6.50. The Bertz CT molecular complexity index is 456. The fraction of sp³-hybridized carbons (Fsp3) is 0.500. The molecular weight excluding hydrogens is 244 g/mol. The van der Waals surface area contributed by atoms with Crippen molar-refractivity contribution in [1.29, 1.82) is 0 Å². The van der Waals surface area contributed by atoms with Crippen LogP contribution in [0.15, 0.2) is 18.2 Å². The zero-order valence-corrected chi connectivity index (χ0v) is 11.3.